The number of aliphatic hydroxyl groups is 1. The molecule has 0 spiro atoms. The van der Waals surface area contributed by atoms with Crippen LogP contribution >= 0.6 is 15.9 Å². The Morgan fingerprint density at radius 3 is 2.39 bits per heavy atom. The number of carbonyl (C=O) groups is 4. The van der Waals surface area contributed by atoms with Crippen molar-refractivity contribution in [3.8, 4) is 17.2 Å². The molecule has 0 aliphatic heterocycles. The van der Waals surface area contributed by atoms with Gasteiger partial charge >= 0.3 is 5.97 Å². The Hall–Kier alpha value is -3.24. The van der Waals surface area contributed by atoms with Gasteiger partial charge in [0, 0.05) is 36.5 Å². The Kier molecular flexibility index (Phi) is 5.53. The summed E-state index contributed by atoms with van der Waals surface area (Å²) in [5.74, 6) is -4.12. The number of phenols is 2. The van der Waals surface area contributed by atoms with Crippen molar-refractivity contribution in [2.24, 2.45) is 0 Å². The van der Waals surface area contributed by atoms with Crippen molar-refractivity contribution < 1.29 is 44.0 Å². The number of rotatable bonds is 4. The number of hydrogen-bond acceptors (Lipinski definition) is 9. The molecule has 2 atom stereocenters. The van der Waals surface area contributed by atoms with E-state index in [1.54, 1.807) is 0 Å². The molecule has 0 saturated heterocycles. The van der Waals surface area contributed by atoms with E-state index >= 15 is 0 Å². The lowest BCUT2D eigenvalue weighted by Gasteiger charge is -2.38. The SMILES string of the molecule is COc1cccc2c1C(=O)c1c(O)c3c(c(O)c1C2=O)CC(O)(C(=O)CBr)CC3OC(C)=O. The molecule has 0 amide bonds. The molecule has 9 nitrogen and oxygen atoms in total. The second kappa shape index (κ2) is 7.96. The average molecular weight is 519 g/mol. The molecule has 3 N–H and O–H groups in total. The maximum Gasteiger partial charge on any atom is 0.303 e. The van der Waals surface area contributed by atoms with Gasteiger partial charge in [-0.25, -0.2) is 0 Å². The molecule has 2 unspecified atom stereocenters. The summed E-state index contributed by atoms with van der Waals surface area (Å²) < 4.78 is 10.5. The number of esters is 1. The number of Topliss-reactive ketones (excluding diaryl/α,β-unsaturated/α-hetero) is 1. The van der Waals surface area contributed by atoms with Crippen LogP contribution in [0, 0.1) is 0 Å². The molecule has 0 aromatic heterocycles. The van der Waals surface area contributed by atoms with Crippen LogP contribution in [0.1, 0.15) is 62.4 Å². The Balaban J connectivity index is 2.03. The topological polar surface area (TPSA) is 147 Å². The van der Waals surface area contributed by atoms with Crippen LogP contribution in [0.3, 0.4) is 0 Å². The maximum absolute atomic E-state index is 13.4. The van der Waals surface area contributed by atoms with E-state index in [2.05, 4.69) is 15.9 Å². The minimum atomic E-state index is -2.04. The molecular weight excluding hydrogens is 500 g/mol. The summed E-state index contributed by atoms with van der Waals surface area (Å²) >= 11 is 3.00. The first-order valence-electron chi connectivity index (χ1n) is 9.91. The molecule has 2 aliphatic carbocycles. The van der Waals surface area contributed by atoms with Crippen LogP contribution in [0.5, 0.6) is 17.2 Å². The standard InChI is InChI=1S/C23H19BrO9/c1-9(25)33-13-7-23(31,14(26)8-24)6-11-16(13)22(30)18-17(20(11)28)19(27)10-4-3-5-12(32-2)15(10)21(18)29/h3-5,13,28,30-31H,6-8H2,1-2H3. The van der Waals surface area contributed by atoms with Crippen molar-refractivity contribution >= 4 is 39.2 Å². The summed E-state index contributed by atoms with van der Waals surface area (Å²) in [5.41, 5.74) is -3.33. The molecule has 0 saturated carbocycles. The van der Waals surface area contributed by atoms with E-state index in [0.717, 1.165) is 6.92 Å². The van der Waals surface area contributed by atoms with Gasteiger partial charge in [-0.15, -0.1) is 0 Å². The highest BCUT2D eigenvalue weighted by molar-refractivity contribution is 9.09. The summed E-state index contributed by atoms with van der Waals surface area (Å²) in [6, 6.07) is 4.38. The fourth-order valence-electron chi connectivity index (χ4n) is 4.56. The predicted octanol–water partition coefficient (Wildman–Crippen LogP) is 2.13. The van der Waals surface area contributed by atoms with Crippen molar-refractivity contribution in [1.29, 1.82) is 0 Å². The summed E-state index contributed by atoms with van der Waals surface area (Å²) in [4.78, 5) is 50.9. The number of benzene rings is 2. The number of fused-ring (bicyclic) bond motifs is 3. The molecule has 2 aromatic carbocycles. The Bertz CT molecular complexity index is 1250. The number of phenolic OH excluding ortho intramolecular Hbond substituents is 2. The van der Waals surface area contributed by atoms with Crippen LogP contribution in [-0.2, 0) is 20.7 Å². The van der Waals surface area contributed by atoms with E-state index in [0.29, 0.717) is 0 Å². The predicted molar refractivity (Wildman–Crippen MR) is 116 cm³/mol. The van der Waals surface area contributed by atoms with Gasteiger partial charge in [0.15, 0.2) is 11.6 Å². The molecule has 4 rings (SSSR count). The normalized spacial score (nSPS) is 21.0. The Morgan fingerprint density at radius 1 is 1.12 bits per heavy atom. The molecular formula is C23H19BrO9. The van der Waals surface area contributed by atoms with Crippen LogP contribution in [0.2, 0.25) is 0 Å². The first kappa shape index (κ1) is 22.9. The number of carbonyl (C=O) groups excluding carboxylic acids is 4. The van der Waals surface area contributed by atoms with E-state index in [9.17, 15) is 34.5 Å². The van der Waals surface area contributed by atoms with Crippen molar-refractivity contribution in [2.45, 2.75) is 31.5 Å². The third-order valence-corrected chi connectivity index (χ3v) is 6.53. The van der Waals surface area contributed by atoms with Gasteiger partial charge in [0.2, 0.25) is 5.78 Å². The van der Waals surface area contributed by atoms with Crippen molar-refractivity contribution in [3.63, 3.8) is 0 Å². The minimum absolute atomic E-state index is 0.0272. The highest BCUT2D eigenvalue weighted by Crippen LogP contribution is 2.52. The average Bonchev–Trinajstić information content (AvgIpc) is 2.77. The molecule has 2 aliphatic rings. The summed E-state index contributed by atoms with van der Waals surface area (Å²) in [6.45, 7) is 1.10. The van der Waals surface area contributed by atoms with E-state index in [-0.39, 0.29) is 33.3 Å². The van der Waals surface area contributed by atoms with Gasteiger partial charge in [-0.1, -0.05) is 28.1 Å². The van der Waals surface area contributed by atoms with Crippen molar-refractivity contribution in [2.75, 3.05) is 12.4 Å². The Morgan fingerprint density at radius 2 is 1.79 bits per heavy atom. The monoisotopic (exact) mass is 518 g/mol. The molecule has 0 fully saturated rings. The number of hydrogen-bond donors (Lipinski definition) is 3. The van der Waals surface area contributed by atoms with E-state index in [1.165, 1.54) is 25.3 Å². The molecule has 10 heteroatoms. The molecule has 2 aromatic rings. The van der Waals surface area contributed by atoms with Gasteiger partial charge in [0.1, 0.15) is 29.0 Å². The lowest BCUT2D eigenvalue weighted by Crippen LogP contribution is -2.46. The van der Waals surface area contributed by atoms with Gasteiger partial charge in [0.05, 0.1) is 29.1 Å². The van der Waals surface area contributed by atoms with E-state index in [1.807, 2.05) is 0 Å². The third-order valence-electron chi connectivity index (χ3n) is 6.02. The van der Waals surface area contributed by atoms with Gasteiger partial charge in [0.25, 0.3) is 0 Å². The van der Waals surface area contributed by atoms with E-state index in [4.69, 9.17) is 9.47 Å². The molecule has 0 heterocycles. The smallest absolute Gasteiger partial charge is 0.303 e. The van der Waals surface area contributed by atoms with Gasteiger partial charge in [-0.05, 0) is 6.07 Å². The summed E-state index contributed by atoms with van der Waals surface area (Å²) in [7, 11) is 1.32. The van der Waals surface area contributed by atoms with Crippen LogP contribution in [-0.4, -0.2) is 56.7 Å². The first-order valence-corrected chi connectivity index (χ1v) is 11.0. The van der Waals surface area contributed by atoms with Crippen LogP contribution in [0.15, 0.2) is 18.2 Å². The molecule has 33 heavy (non-hydrogen) atoms. The van der Waals surface area contributed by atoms with Gasteiger partial charge < -0.3 is 24.8 Å². The number of alkyl halides is 1. The number of ether oxygens (including phenoxy) is 2. The van der Waals surface area contributed by atoms with Gasteiger partial charge in [-0.2, -0.15) is 0 Å². The number of aromatic hydroxyl groups is 2. The van der Waals surface area contributed by atoms with E-state index < -0.39 is 70.5 Å². The zero-order valence-corrected chi connectivity index (χ0v) is 19.2. The van der Waals surface area contributed by atoms with Crippen LogP contribution in [0.4, 0.5) is 0 Å². The number of methoxy groups -OCH3 is 1. The molecule has 0 bridgehead atoms. The molecule has 0 radical (unpaired) electrons. The highest BCUT2D eigenvalue weighted by atomic mass is 79.9. The second-order valence-electron chi connectivity index (χ2n) is 7.95. The number of halogens is 1. The zero-order valence-electron chi connectivity index (χ0n) is 17.6. The number of ketones is 3. The molecule has 172 valence electrons. The fraction of sp³-hybridized carbons (Fsp3) is 0.304. The van der Waals surface area contributed by atoms with Crippen LogP contribution < -0.4 is 4.74 Å². The third kappa shape index (κ3) is 3.32. The summed E-state index contributed by atoms with van der Waals surface area (Å²) in [6.07, 6.45) is -2.21. The lowest BCUT2D eigenvalue weighted by atomic mass is 9.72. The van der Waals surface area contributed by atoms with Crippen molar-refractivity contribution in [3.05, 3.63) is 51.6 Å². The largest absolute Gasteiger partial charge is 0.507 e. The second-order valence-corrected chi connectivity index (χ2v) is 8.51. The lowest BCUT2D eigenvalue weighted by molar-refractivity contribution is -0.155. The fourth-order valence-corrected chi connectivity index (χ4v) is 5.08. The Labute approximate surface area is 196 Å². The quantitative estimate of drug-likeness (QED) is 0.268. The van der Waals surface area contributed by atoms with Crippen molar-refractivity contribution in [1.82, 2.24) is 0 Å². The highest BCUT2D eigenvalue weighted by Gasteiger charge is 2.49. The first-order chi connectivity index (χ1) is 15.6. The zero-order chi connectivity index (χ0) is 24.2. The minimum Gasteiger partial charge on any atom is -0.507 e. The maximum atomic E-state index is 13.4. The van der Waals surface area contributed by atoms with Gasteiger partial charge in [-0.3, -0.25) is 19.2 Å². The van der Waals surface area contributed by atoms with Crippen LogP contribution in [0.25, 0.3) is 0 Å². The summed E-state index contributed by atoms with van der Waals surface area (Å²) in [5, 5.41) is 33.0.